The van der Waals surface area contributed by atoms with Crippen molar-refractivity contribution in [3.05, 3.63) is 28.3 Å². The molecule has 0 saturated carbocycles. The molecule has 15 heavy (non-hydrogen) atoms. The lowest BCUT2D eigenvalue weighted by Gasteiger charge is -2.12. The van der Waals surface area contributed by atoms with E-state index >= 15 is 0 Å². The molecule has 0 aliphatic carbocycles. The van der Waals surface area contributed by atoms with Gasteiger partial charge >= 0.3 is 0 Å². The van der Waals surface area contributed by atoms with E-state index in [9.17, 15) is 17.2 Å². The average Bonchev–Trinajstić information content (AvgIpc) is 2.09. The lowest BCUT2D eigenvalue weighted by Crippen LogP contribution is -2.09. The molecule has 2 nitrogen and oxygen atoms in total. The van der Waals surface area contributed by atoms with Crippen LogP contribution in [0.4, 0.5) is 8.78 Å². The van der Waals surface area contributed by atoms with Crippen molar-refractivity contribution < 1.29 is 17.2 Å². The molecule has 0 amide bonds. The molecule has 0 spiro atoms. The zero-order chi connectivity index (χ0) is 12.0. The lowest BCUT2D eigenvalue weighted by molar-refractivity contribution is 0.537. The van der Waals surface area contributed by atoms with E-state index in [1.165, 1.54) is 20.8 Å². The van der Waals surface area contributed by atoms with Crippen molar-refractivity contribution in [2.45, 2.75) is 25.7 Å². The number of rotatable bonds is 1. The topological polar surface area (TPSA) is 34.1 Å². The molecule has 0 aliphatic heterocycles. The van der Waals surface area contributed by atoms with Gasteiger partial charge in [0.25, 0.3) is 0 Å². The number of sulfone groups is 1. The van der Waals surface area contributed by atoms with Gasteiger partial charge in [-0.1, -0.05) is 0 Å². The molecule has 0 radical (unpaired) electrons. The van der Waals surface area contributed by atoms with Crippen LogP contribution in [0.3, 0.4) is 0 Å². The summed E-state index contributed by atoms with van der Waals surface area (Å²) in [4.78, 5) is -0.539. The Bertz CT molecular complexity index is 490. The summed E-state index contributed by atoms with van der Waals surface area (Å²) in [5, 5.41) is 0. The quantitative estimate of drug-likeness (QED) is 0.747. The van der Waals surface area contributed by atoms with Crippen molar-refractivity contribution in [3.63, 3.8) is 0 Å². The highest BCUT2D eigenvalue weighted by Crippen LogP contribution is 2.27. The van der Waals surface area contributed by atoms with Crippen LogP contribution in [0.2, 0.25) is 0 Å². The summed E-state index contributed by atoms with van der Waals surface area (Å²) >= 11 is 0. The molecule has 1 rings (SSSR count). The molecule has 0 N–H and O–H groups in total. The fraction of sp³-hybridized carbons (Fsp3) is 0.400. The smallest absolute Gasteiger partial charge is 0.178 e. The van der Waals surface area contributed by atoms with Gasteiger partial charge in [-0.25, -0.2) is 17.2 Å². The van der Waals surface area contributed by atoms with E-state index in [1.54, 1.807) is 0 Å². The first-order valence-electron chi connectivity index (χ1n) is 4.32. The standard InChI is InChI=1S/C10H12F2O2S/c1-5-6(2)9(12)10(15(4,13)14)7(3)8(5)11/h1-4H3. The molecule has 0 aliphatic rings. The Morgan fingerprint density at radius 1 is 0.867 bits per heavy atom. The Morgan fingerprint density at radius 3 is 1.67 bits per heavy atom. The van der Waals surface area contributed by atoms with Crippen molar-refractivity contribution in [1.82, 2.24) is 0 Å². The average molecular weight is 234 g/mol. The summed E-state index contributed by atoms with van der Waals surface area (Å²) in [5.74, 6) is -1.51. The van der Waals surface area contributed by atoms with Crippen LogP contribution in [0.5, 0.6) is 0 Å². The van der Waals surface area contributed by atoms with Crippen molar-refractivity contribution in [2.75, 3.05) is 6.26 Å². The molecule has 1 aromatic rings. The highest BCUT2D eigenvalue weighted by molar-refractivity contribution is 7.90. The van der Waals surface area contributed by atoms with E-state index < -0.39 is 26.4 Å². The van der Waals surface area contributed by atoms with Crippen LogP contribution in [0.25, 0.3) is 0 Å². The Balaban J connectivity index is 3.84. The van der Waals surface area contributed by atoms with Gasteiger partial charge in [0.15, 0.2) is 9.84 Å². The minimum atomic E-state index is -3.74. The van der Waals surface area contributed by atoms with Gasteiger partial charge in [0.2, 0.25) is 0 Å². The third kappa shape index (κ3) is 1.88. The van der Waals surface area contributed by atoms with Gasteiger partial charge in [-0.05, 0) is 31.9 Å². The van der Waals surface area contributed by atoms with Gasteiger partial charge in [-0.2, -0.15) is 0 Å². The summed E-state index contributed by atoms with van der Waals surface area (Å²) < 4.78 is 49.8. The number of hydrogen-bond donors (Lipinski definition) is 0. The molecule has 5 heteroatoms. The molecule has 84 valence electrons. The molecule has 0 aromatic heterocycles. The number of hydrogen-bond acceptors (Lipinski definition) is 2. The Kier molecular flexibility index (Phi) is 2.87. The molecule has 0 unspecified atom stereocenters. The molecule has 0 heterocycles. The zero-order valence-electron chi connectivity index (χ0n) is 8.98. The van der Waals surface area contributed by atoms with E-state index in [-0.39, 0.29) is 16.7 Å². The van der Waals surface area contributed by atoms with Gasteiger partial charge in [-0.3, -0.25) is 0 Å². The first-order valence-corrected chi connectivity index (χ1v) is 6.22. The summed E-state index contributed by atoms with van der Waals surface area (Å²) in [5.41, 5.74) is 0.0361. The molecular weight excluding hydrogens is 222 g/mol. The van der Waals surface area contributed by atoms with Crippen LogP contribution < -0.4 is 0 Å². The van der Waals surface area contributed by atoms with Crippen molar-refractivity contribution in [2.24, 2.45) is 0 Å². The van der Waals surface area contributed by atoms with Gasteiger partial charge in [0.1, 0.15) is 16.5 Å². The predicted octanol–water partition coefficient (Wildman–Crippen LogP) is 2.29. The second-order valence-corrected chi connectivity index (χ2v) is 5.56. The molecule has 0 bridgehead atoms. The number of benzene rings is 1. The van der Waals surface area contributed by atoms with Crippen LogP contribution in [0, 0.1) is 32.4 Å². The van der Waals surface area contributed by atoms with Crippen LogP contribution in [0.15, 0.2) is 4.90 Å². The third-order valence-corrected chi connectivity index (χ3v) is 3.69. The van der Waals surface area contributed by atoms with E-state index in [0.717, 1.165) is 6.26 Å². The first kappa shape index (κ1) is 12.1. The Morgan fingerprint density at radius 2 is 1.27 bits per heavy atom. The Labute approximate surface area is 87.8 Å². The van der Waals surface area contributed by atoms with E-state index in [4.69, 9.17) is 0 Å². The van der Waals surface area contributed by atoms with Crippen LogP contribution in [-0.2, 0) is 9.84 Å². The third-order valence-electron chi connectivity index (χ3n) is 2.46. The molecule has 1 aromatic carbocycles. The molecule has 0 saturated heterocycles. The van der Waals surface area contributed by atoms with Crippen LogP contribution in [0.1, 0.15) is 16.7 Å². The summed E-state index contributed by atoms with van der Waals surface area (Å²) in [6, 6.07) is 0. The van der Waals surface area contributed by atoms with Crippen molar-refractivity contribution in [3.8, 4) is 0 Å². The first-order chi connectivity index (χ1) is 6.68. The SMILES string of the molecule is Cc1c(C)c(F)c(S(C)(=O)=O)c(C)c1F. The summed E-state index contributed by atoms with van der Waals surface area (Å²) in [6.45, 7) is 4.05. The highest BCUT2D eigenvalue weighted by atomic mass is 32.2. The Hall–Kier alpha value is -0.970. The van der Waals surface area contributed by atoms with E-state index in [2.05, 4.69) is 0 Å². The van der Waals surface area contributed by atoms with Crippen LogP contribution in [-0.4, -0.2) is 14.7 Å². The summed E-state index contributed by atoms with van der Waals surface area (Å²) in [6.07, 6.45) is 0.868. The molecule has 0 atom stereocenters. The van der Waals surface area contributed by atoms with E-state index in [1.807, 2.05) is 0 Å². The fourth-order valence-electron chi connectivity index (χ4n) is 1.49. The fourth-order valence-corrected chi connectivity index (χ4v) is 2.61. The molecular formula is C10H12F2O2S. The lowest BCUT2D eigenvalue weighted by atomic mass is 10.1. The normalized spacial score (nSPS) is 11.9. The van der Waals surface area contributed by atoms with Gasteiger partial charge in [0.05, 0.1) is 0 Å². The predicted molar refractivity (Wildman–Crippen MR) is 53.7 cm³/mol. The molecule has 0 fully saturated rings. The minimum Gasteiger partial charge on any atom is -0.224 e. The van der Waals surface area contributed by atoms with Crippen molar-refractivity contribution in [1.29, 1.82) is 0 Å². The van der Waals surface area contributed by atoms with Crippen molar-refractivity contribution >= 4 is 9.84 Å². The van der Waals surface area contributed by atoms with Gasteiger partial charge < -0.3 is 0 Å². The van der Waals surface area contributed by atoms with Gasteiger partial charge in [-0.15, -0.1) is 0 Å². The maximum atomic E-state index is 13.7. The second kappa shape index (κ2) is 3.56. The monoisotopic (exact) mass is 234 g/mol. The highest BCUT2D eigenvalue weighted by Gasteiger charge is 2.23. The maximum absolute atomic E-state index is 13.7. The van der Waals surface area contributed by atoms with Crippen LogP contribution >= 0.6 is 0 Å². The second-order valence-electron chi connectivity index (χ2n) is 3.60. The maximum Gasteiger partial charge on any atom is 0.178 e. The minimum absolute atomic E-state index is 0.0403. The summed E-state index contributed by atoms with van der Waals surface area (Å²) in [7, 11) is -3.74. The van der Waals surface area contributed by atoms with Gasteiger partial charge in [0, 0.05) is 11.8 Å². The largest absolute Gasteiger partial charge is 0.224 e. The van der Waals surface area contributed by atoms with E-state index in [0.29, 0.717) is 0 Å². The number of halogens is 2. The zero-order valence-corrected chi connectivity index (χ0v) is 9.80.